The summed E-state index contributed by atoms with van der Waals surface area (Å²) in [5.41, 5.74) is 1.18. The average molecular weight is 353 g/mol. The highest BCUT2D eigenvalue weighted by Crippen LogP contribution is 2.27. The van der Waals surface area contributed by atoms with Crippen LogP contribution in [0.1, 0.15) is 0 Å². The van der Waals surface area contributed by atoms with Crippen LogP contribution in [-0.4, -0.2) is 13.4 Å². The van der Waals surface area contributed by atoms with E-state index in [9.17, 15) is 13.2 Å². The second-order valence-corrected chi connectivity index (χ2v) is 6.87. The van der Waals surface area contributed by atoms with Gasteiger partial charge in [-0.3, -0.25) is 4.79 Å². The maximum Gasteiger partial charge on any atom is 0.339 e. The van der Waals surface area contributed by atoms with E-state index in [0.717, 1.165) is 0 Å². The molecule has 0 N–H and O–H groups in total. The molecule has 2 aromatic rings. The van der Waals surface area contributed by atoms with Crippen molar-refractivity contribution in [3.63, 3.8) is 0 Å². The first-order valence-electron chi connectivity index (χ1n) is 7.35. The van der Waals surface area contributed by atoms with Gasteiger partial charge in [0.05, 0.1) is 0 Å². The Labute approximate surface area is 142 Å². The summed E-state index contributed by atoms with van der Waals surface area (Å²) in [5, 5.41) is 0. The van der Waals surface area contributed by atoms with E-state index in [1.54, 1.807) is 30.3 Å². The number of hydrogen-bond donors (Lipinski definition) is 0. The van der Waals surface area contributed by atoms with Gasteiger partial charge in [0, 0.05) is 12.1 Å². The number of nitrogens with zero attached hydrogens (tertiary/aromatic N) is 1. The summed E-state index contributed by atoms with van der Waals surface area (Å²) in [7, 11) is -3.94. The number of aromatic nitrogens is 1. The van der Waals surface area contributed by atoms with Crippen LogP contribution in [0.3, 0.4) is 0 Å². The third-order valence-corrected chi connectivity index (χ3v) is 4.82. The first kappa shape index (κ1) is 15.3. The molecule has 6 nitrogen and oxygen atoms in total. The summed E-state index contributed by atoms with van der Waals surface area (Å²) in [4.78, 5) is 15.9. The molecule has 1 heterocycles. The molecule has 1 aliphatic carbocycles. The molecule has 0 saturated carbocycles. The van der Waals surface area contributed by atoms with Gasteiger partial charge in [-0.2, -0.15) is 8.42 Å². The van der Waals surface area contributed by atoms with E-state index in [2.05, 4.69) is 4.98 Å². The predicted molar refractivity (Wildman–Crippen MR) is 91.2 cm³/mol. The van der Waals surface area contributed by atoms with Gasteiger partial charge in [-0.15, -0.1) is 0 Å². The van der Waals surface area contributed by atoms with Gasteiger partial charge in [-0.25, -0.2) is 4.98 Å². The van der Waals surface area contributed by atoms with E-state index in [4.69, 9.17) is 8.60 Å². The molecule has 124 valence electrons. The fourth-order valence-corrected chi connectivity index (χ4v) is 3.34. The Balaban J connectivity index is 1.78. The van der Waals surface area contributed by atoms with E-state index in [-0.39, 0.29) is 16.1 Å². The summed E-state index contributed by atoms with van der Waals surface area (Å²) in [5.74, 6) is 0.419. The zero-order valence-electron chi connectivity index (χ0n) is 12.7. The van der Waals surface area contributed by atoms with Crippen LogP contribution in [0.25, 0.3) is 22.6 Å². The maximum absolute atomic E-state index is 12.3. The normalized spacial score (nSPS) is 11.7. The summed E-state index contributed by atoms with van der Waals surface area (Å²) in [6.45, 7) is 0. The Morgan fingerprint density at radius 2 is 1.72 bits per heavy atom. The molecule has 2 aliphatic rings. The number of fused-ring (bicyclic) bond motifs is 2. The first-order valence-corrected chi connectivity index (χ1v) is 8.76. The molecule has 0 radical (unpaired) electrons. The standard InChI is InChI=1S/C18H11NO5S/c20-12-6-8-15-17(10-12)23-18-11-13(7-9-16(18)19-15)24-25(21,22)14-4-2-1-3-5-14/h1-11H. The van der Waals surface area contributed by atoms with Crippen molar-refractivity contribution >= 4 is 21.2 Å². The van der Waals surface area contributed by atoms with E-state index < -0.39 is 10.1 Å². The Kier molecular flexibility index (Phi) is 3.51. The van der Waals surface area contributed by atoms with Crippen molar-refractivity contribution in [3.05, 3.63) is 77.0 Å². The highest BCUT2D eigenvalue weighted by molar-refractivity contribution is 7.87. The van der Waals surface area contributed by atoms with Crippen LogP contribution in [0, 0.1) is 0 Å². The molecule has 7 heteroatoms. The molecule has 2 aromatic carbocycles. The van der Waals surface area contributed by atoms with Crippen LogP contribution >= 0.6 is 0 Å². The Morgan fingerprint density at radius 3 is 2.52 bits per heavy atom. The smallest absolute Gasteiger partial charge is 0.339 e. The SMILES string of the molecule is O=c1ccc2nc3ccc(OS(=O)(=O)c4ccccc4)cc3oc-2c1. The van der Waals surface area contributed by atoms with Crippen LogP contribution in [0.15, 0.2) is 80.8 Å². The van der Waals surface area contributed by atoms with E-state index in [0.29, 0.717) is 22.6 Å². The molecule has 4 rings (SSSR count). The Hall–Kier alpha value is -3.19. The molecule has 0 bridgehead atoms. The summed E-state index contributed by atoms with van der Waals surface area (Å²) in [6, 6.07) is 16.7. The molecule has 0 spiro atoms. The van der Waals surface area contributed by atoms with Crippen molar-refractivity contribution in [3.8, 4) is 17.2 Å². The molecule has 0 amide bonds. The van der Waals surface area contributed by atoms with Crippen LogP contribution < -0.4 is 9.61 Å². The second kappa shape index (κ2) is 5.71. The van der Waals surface area contributed by atoms with E-state index >= 15 is 0 Å². The van der Waals surface area contributed by atoms with Crippen molar-refractivity contribution in [1.29, 1.82) is 0 Å². The van der Waals surface area contributed by atoms with Crippen molar-refractivity contribution in [1.82, 2.24) is 4.98 Å². The van der Waals surface area contributed by atoms with Gasteiger partial charge in [0.25, 0.3) is 0 Å². The molecule has 0 unspecified atom stereocenters. The largest absolute Gasteiger partial charge is 0.453 e. The summed E-state index contributed by atoms with van der Waals surface area (Å²) in [6.07, 6.45) is 0. The van der Waals surface area contributed by atoms with Crippen LogP contribution in [0.5, 0.6) is 5.75 Å². The second-order valence-electron chi connectivity index (χ2n) is 5.32. The molecule has 25 heavy (non-hydrogen) atoms. The molecule has 1 aliphatic heterocycles. The van der Waals surface area contributed by atoms with Crippen LogP contribution in [0.2, 0.25) is 0 Å². The van der Waals surface area contributed by atoms with Crippen LogP contribution in [-0.2, 0) is 10.1 Å². The monoisotopic (exact) mass is 353 g/mol. The maximum atomic E-state index is 12.3. The lowest BCUT2D eigenvalue weighted by Crippen LogP contribution is -2.09. The molecular formula is C18H11NO5S. The van der Waals surface area contributed by atoms with Gasteiger partial charge in [-0.1, -0.05) is 18.2 Å². The van der Waals surface area contributed by atoms with E-state index in [1.807, 2.05) is 0 Å². The highest BCUT2D eigenvalue weighted by Gasteiger charge is 2.17. The molecule has 0 saturated heterocycles. The molecule has 0 atom stereocenters. The third kappa shape index (κ3) is 2.97. The number of benzene rings is 3. The number of hydrogen-bond acceptors (Lipinski definition) is 6. The third-order valence-electron chi connectivity index (χ3n) is 3.56. The van der Waals surface area contributed by atoms with Gasteiger partial charge < -0.3 is 8.60 Å². The summed E-state index contributed by atoms with van der Waals surface area (Å²) < 4.78 is 35.4. The van der Waals surface area contributed by atoms with Gasteiger partial charge >= 0.3 is 10.1 Å². The molecular weight excluding hydrogens is 342 g/mol. The topological polar surface area (TPSA) is 86.5 Å². The lowest BCUT2D eigenvalue weighted by atomic mass is 10.2. The number of rotatable bonds is 3. The van der Waals surface area contributed by atoms with Crippen molar-refractivity contribution < 1.29 is 17.0 Å². The average Bonchev–Trinajstić information content (AvgIpc) is 2.60. The fraction of sp³-hybridized carbons (Fsp3) is 0. The van der Waals surface area contributed by atoms with Crippen molar-refractivity contribution in [2.24, 2.45) is 0 Å². The Bertz CT molecular complexity index is 1200. The molecule has 0 fully saturated rings. The minimum absolute atomic E-state index is 0.0552. The fourth-order valence-electron chi connectivity index (χ4n) is 2.40. The van der Waals surface area contributed by atoms with Gasteiger partial charge in [0.15, 0.2) is 16.8 Å². The van der Waals surface area contributed by atoms with Crippen molar-refractivity contribution in [2.45, 2.75) is 4.90 Å². The quantitative estimate of drug-likeness (QED) is 0.416. The lowest BCUT2D eigenvalue weighted by molar-refractivity contribution is 0.485. The lowest BCUT2D eigenvalue weighted by Gasteiger charge is -2.09. The van der Waals surface area contributed by atoms with Gasteiger partial charge in [0.2, 0.25) is 0 Å². The predicted octanol–water partition coefficient (Wildman–Crippen LogP) is 3.06. The summed E-state index contributed by atoms with van der Waals surface area (Å²) >= 11 is 0. The zero-order valence-corrected chi connectivity index (χ0v) is 13.6. The Morgan fingerprint density at radius 1 is 0.920 bits per heavy atom. The highest BCUT2D eigenvalue weighted by atomic mass is 32.2. The zero-order chi connectivity index (χ0) is 17.4. The first-order chi connectivity index (χ1) is 12.0. The molecule has 0 aromatic heterocycles. The minimum atomic E-state index is -3.94. The van der Waals surface area contributed by atoms with E-state index in [1.165, 1.54) is 36.4 Å². The van der Waals surface area contributed by atoms with Gasteiger partial charge in [-0.05, 0) is 36.4 Å². The minimum Gasteiger partial charge on any atom is -0.453 e. The van der Waals surface area contributed by atoms with Crippen molar-refractivity contribution in [2.75, 3.05) is 0 Å². The van der Waals surface area contributed by atoms with Crippen LogP contribution in [0.4, 0.5) is 0 Å². The van der Waals surface area contributed by atoms with Gasteiger partial charge in [0.1, 0.15) is 21.9 Å².